The van der Waals surface area contributed by atoms with Crippen LogP contribution in [-0.2, 0) is 13.2 Å². The van der Waals surface area contributed by atoms with E-state index in [1.807, 2.05) is 0 Å². The summed E-state index contributed by atoms with van der Waals surface area (Å²) in [6.07, 6.45) is -9.27. The van der Waals surface area contributed by atoms with Gasteiger partial charge in [0.1, 0.15) is 12.2 Å². The molecule has 25 heavy (non-hydrogen) atoms. The van der Waals surface area contributed by atoms with E-state index in [4.69, 9.17) is 4.74 Å². The van der Waals surface area contributed by atoms with E-state index in [1.54, 1.807) is 5.32 Å². The Labute approximate surface area is 136 Å². The number of carbonyl (C=O) groups is 1. The van der Waals surface area contributed by atoms with Crippen molar-refractivity contribution in [2.24, 2.45) is 7.05 Å². The number of amides is 1. The lowest BCUT2D eigenvalue weighted by Gasteiger charge is -2.09. The Bertz CT molecular complexity index is 769. The monoisotopic (exact) mass is 368 g/mol. The second-order valence-corrected chi connectivity index (χ2v) is 4.75. The summed E-state index contributed by atoms with van der Waals surface area (Å²) in [5.41, 5.74) is -1.58. The molecule has 2 rings (SSSR count). The minimum absolute atomic E-state index is 0.281. The summed E-state index contributed by atoms with van der Waals surface area (Å²) in [5, 5.41) is 4.84. The normalized spacial score (nSPS) is 12.1. The minimum Gasteiger partial charge on any atom is -0.421 e. The van der Waals surface area contributed by atoms with Crippen LogP contribution in [0.1, 0.15) is 16.2 Å². The predicted molar refractivity (Wildman–Crippen MR) is 70.9 cm³/mol. The molecular weight excluding hydrogens is 358 g/mol. The summed E-state index contributed by atoms with van der Waals surface area (Å²) in [5.74, 6) is -1.70. The molecule has 0 aliphatic heterocycles. The van der Waals surface area contributed by atoms with Crippen molar-refractivity contribution in [3.05, 3.63) is 35.7 Å². The number of pyridine rings is 1. The molecule has 2 heterocycles. The first kappa shape index (κ1) is 18.5. The lowest BCUT2D eigenvalue weighted by molar-refractivity contribution is -0.141. The van der Waals surface area contributed by atoms with E-state index < -0.39 is 30.5 Å². The van der Waals surface area contributed by atoms with Crippen molar-refractivity contribution in [3.8, 4) is 11.8 Å². The number of rotatable bonds is 4. The van der Waals surface area contributed by atoms with Gasteiger partial charge in [0.05, 0.1) is 0 Å². The number of nitrogens with zero attached hydrogens (tertiary/aromatic N) is 3. The molecule has 0 aliphatic rings. The van der Waals surface area contributed by atoms with E-state index >= 15 is 0 Å². The van der Waals surface area contributed by atoms with Gasteiger partial charge in [0, 0.05) is 19.2 Å². The van der Waals surface area contributed by atoms with Crippen molar-refractivity contribution < 1.29 is 35.9 Å². The maximum atomic E-state index is 12.6. The SMILES string of the molecule is Cn1nc(C(F)(F)F)cc1Oc1cccc(C(=O)NCC(F)(F)F)n1. The molecule has 0 bridgehead atoms. The second-order valence-electron chi connectivity index (χ2n) is 4.75. The lowest BCUT2D eigenvalue weighted by Crippen LogP contribution is -2.34. The Morgan fingerprint density at radius 2 is 1.92 bits per heavy atom. The van der Waals surface area contributed by atoms with E-state index in [2.05, 4.69) is 10.1 Å². The Morgan fingerprint density at radius 3 is 2.48 bits per heavy atom. The Morgan fingerprint density at radius 1 is 1.24 bits per heavy atom. The van der Waals surface area contributed by atoms with Crippen molar-refractivity contribution >= 4 is 5.91 Å². The van der Waals surface area contributed by atoms with E-state index in [1.165, 1.54) is 19.2 Å². The number of alkyl halides is 6. The highest BCUT2D eigenvalue weighted by Gasteiger charge is 2.35. The zero-order valence-electron chi connectivity index (χ0n) is 12.4. The number of hydrogen-bond donors (Lipinski definition) is 1. The lowest BCUT2D eigenvalue weighted by atomic mass is 10.3. The van der Waals surface area contributed by atoms with Crippen molar-refractivity contribution in [1.29, 1.82) is 0 Å². The van der Waals surface area contributed by atoms with Gasteiger partial charge in [0.15, 0.2) is 5.69 Å². The Kier molecular flexibility index (Phi) is 4.90. The number of halogens is 6. The summed E-state index contributed by atoms with van der Waals surface area (Å²) in [6.45, 7) is -1.55. The molecule has 12 heteroatoms. The highest BCUT2D eigenvalue weighted by Crippen LogP contribution is 2.31. The zero-order chi connectivity index (χ0) is 18.8. The van der Waals surface area contributed by atoms with Crippen LogP contribution in [0.15, 0.2) is 24.3 Å². The standard InChI is InChI=1S/C13H10F6N4O2/c1-23-10(5-8(22-23)13(17,18)19)25-9-4-2-3-7(21-9)11(24)20-6-12(14,15)16/h2-5H,6H2,1H3,(H,20,24). The first-order valence-corrected chi connectivity index (χ1v) is 6.57. The smallest absolute Gasteiger partial charge is 0.421 e. The van der Waals surface area contributed by atoms with E-state index in [-0.39, 0.29) is 17.5 Å². The Hall–Kier alpha value is -2.79. The largest absolute Gasteiger partial charge is 0.435 e. The van der Waals surface area contributed by atoms with Gasteiger partial charge in [0.2, 0.25) is 11.8 Å². The first-order chi connectivity index (χ1) is 11.5. The second kappa shape index (κ2) is 6.61. The van der Waals surface area contributed by atoms with Gasteiger partial charge in [-0.05, 0) is 6.07 Å². The summed E-state index contributed by atoms with van der Waals surface area (Å²) in [7, 11) is 1.20. The van der Waals surface area contributed by atoms with Gasteiger partial charge in [-0.2, -0.15) is 31.4 Å². The number of aromatic nitrogens is 3. The summed E-state index contributed by atoms with van der Waals surface area (Å²) in [6, 6.07) is 4.23. The molecule has 0 spiro atoms. The molecule has 2 aromatic heterocycles. The highest BCUT2D eigenvalue weighted by atomic mass is 19.4. The van der Waals surface area contributed by atoms with Gasteiger partial charge >= 0.3 is 12.4 Å². The molecule has 0 fully saturated rings. The number of carbonyl (C=O) groups excluding carboxylic acids is 1. The summed E-state index contributed by atoms with van der Waals surface area (Å²) < 4.78 is 79.9. The average molecular weight is 368 g/mol. The maximum absolute atomic E-state index is 12.6. The van der Waals surface area contributed by atoms with Crippen LogP contribution in [0.4, 0.5) is 26.3 Å². The number of hydrogen-bond acceptors (Lipinski definition) is 4. The molecule has 0 saturated carbocycles. The Balaban J connectivity index is 2.14. The molecule has 1 N–H and O–H groups in total. The van der Waals surface area contributed by atoms with Crippen molar-refractivity contribution in [1.82, 2.24) is 20.1 Å². The van der Waals surface area contributed by atoms with Crippen LogP contribution < -0.4 is 10.1 Å². The van der Waals surface area contributed by atoms with E-state index in [0.717, 1.165) is 10.7 Å². The molecule has 6 nitrogen and oxygen atoms in total. The number of aryl methyl sites for hydroxylation is 1. The first-order valence-electron chi connectivity index (χ1n) is 6.57. The van der Waals surface area contributed by atoms with Crippen LogP contribution in [0.3, 0.4) is 0 Å². The molecular formula is C13H10F6N4O2. The van der Waals surface area contributed by atoms with Crippen LogP contribution in [0.25, 0.3) is 0 Å². The molecule has 0 aromatic carbocycles. The quantitative estimate of drug-likeness (QED) is 0.843. The molecule has 2 aromatic rings. The van der Waals surface area contributed by atoms with Crippen molar-refractivity contribution in [3.63, 3.8) is 0 Å². The third kappa shape index (κ3) is 5.09. The summed E-state index contributed by atoms with van der Waals surface area (Å²) in [4.78, 5) is 15.3. The van der Waals surface area contributed by atoms with Crippen LogP contribution in [-0.4, -0.2) is 33.4 Å². The van der Waals surface area contributed by atoms with Crippen LogP contribution in [0.2, 0.25) is 0 Å². The summed E-state index contributed by atoms with van der Waals surface area (Å²) >= 11 is 0. The molecule has 0 unspecified atom stereocenters. The fourth-order valence-corrected chi connectivity index (χ4v) is 1.66. The highest BCUT2D eigenvalue weighted by molar-refractivity contribution is 5.92. The van der Waals surface area contributed by atoms with Gasteiger partial charge in [-0.25, -0.2) is 9.67 Å². The molecule has 0 aliphatic carbocycles. The van der Waals surface area contributed by atoms with Crippen molar-refractivity contribution in [2.75, 3.05) is 6.54 Å². The van der Waals surface area contributed by atoms with E-state index in [0.29, 0.717) is 6.07 Å². The number of nitrogens with one attached hydrogen (secondary N) is 1. The van der Waals surface area contributed by atoms with Gasteiger partial charge < -0.3 is 10.1 Å². The molecule has 0 radical (unpaired) electrons. The van der Waals surface area contributed by atoms with Crippen LogP contribution >= 0.6 is 0 Å². The van der Waals surface area contributed by atoms with Gasteiger partial charge in [0.25, 0.3) is 5.91 Å². The van der Waals surface area contributed by atoms with Gasteiger partial charge in [-0.1, -0.05) is 6.07 Å². The third-order valence-corrected chi connectivity index (χ3v) is 2.74. The maximum Gasteiger partial charge on any atom is 0.435 e. The average Bonchev–Trinajstić information content (AvgIpc) is 2.85. The predicted octanol–water partition coefficient (Wildman–Crippen LogP) is 2.92. The van der Waals surface area contributed by atoms with E-state index in [9.17, 15) is 31.1 Å². The zero-order valence-corrected chi connectivity index (χ0v) is 12.4. The molecule has 0 atom stereocenters. The van der Waals surface area contributed by atoms with Crippen molar-refractivity contribution in [2.45, 2.75) is 12.4 Å². The fourth-order valence-electron chi connectivity index (χ4n) is 1.66. The molecule has 1 amide bonds. The van der Waals surface area contributed by atoms with Gasteiger partial charge in [-0.15, -0.1) is 0 Å². The van der Waals surface area contributed by atoms with Crippen LogP contribution in [0.5, 0.6) is 11.8 Å². The number of ether oxygens (including phenoxy) is 1. The third-order valence-electron chi connectivity index (χ3n) is 2.74. The van der Waals surface area contributed by atoms with Crippen LogP contribution in [0, 0.1) is 0 Å². The molecule has 136 valence electrons. The molecule has 0 saturated heterocycles. The fraction of sp³-hybridized carbons (Fsp3) is 0.308. The topological polar surface area (TPSA) is 69.0 Å². The van der Waals surface area contributed by atoms with Gasteiger partial charge in [-0.3, -0.25) is 4.79 Å². The minimum atomic E-state index is -4.67.